The molecule has 6 nitrogen and oxygen atoms in total. The van der Waals surface area contributed by atoms with Gasteiger partial charge < -0.3 is 25.5 Å². The maximum atomic E-state index is 12.3. The number of piperazine rings is 1. The molecule has 2 amide bonds. The van der Waals surface area contributed by atoms with E-state index in [0.29, 0.717) is 24.3 Å². The molecule has 24 heavy (non-hydrogen) atoms. The van der Waals surface area contributed by atoms with E-state index in [9.17, 15) is 9.90 Å². The van der Waals surface area contributed by atoms with E-state index in [0.717, 1.165) is 32.7 Å². The molecule has 5 atom stereocenters. The smallest absolute Gasteiger partial charge is 0.315 e. The number of hydrogen-bond donors (Lipinski definition) is 3. The minimum absolute atomic E-state index is 0.0590. The summed E-state index contributed by atoms with van der Waals surface area (Å²) < 4.78 is 0. The number of carbonyl (C=O) groups is 1. The Labute approximate surface area is 146 Å². The highest BCUT2D eigenvalue weighted by molar-refractivity contribution is 5.74. The molecule has 0 aromatic carbocycles. The van der Waals surface area contributed by atoms with E-state index in [2.05, 4.69) is 34.4 Å². The third-order valence-electron chi connectivity index (χ3n) is 6.37. The second-order valence-electron chi connectivity index (χ2n) is 8.27. The van der Waals surface area contributed by atoms with Gasteiger partial charge in [0.2, 0.25) is 0 Å². The lowest BCUT2D eigenvalue weighted by atomic mass is 9.85. The van der Waals surface area contributed by atoms with Crippen molar-refractivity contribution < 1.29 is 9.90 Å². The number of rotatable bonds is 6. The molecule has 5 unspecified atom stereocenters. The molecule has 0 spiro atoms. The number of carbonyl (C=O) groups excluding carboxylic acids is 1. The molecule has 2 saturated carbocycles. The first-order chi connectivity index (χ1) is 11.6. The number of aliphatic hydroxyl groups excluding tert-OH is 1. The maximum Gasteiger partial charge on any atom is 0.315 e. The van der Waals surface area contributed by atoms with E-state index < -0.39 is 0 Å². The predicted molar refractivity (Wildman–Crippen MR) is 94.8 cm³/mol. The average Bonchev–Trinajstić information content (AvgIpc) is 3.16. The number of nitrogens with one attached hydrogen (secondary N) is 2. The molecule has 1 aliphatic heterocycles. The van der Waals surface area contributed by atoms with Gasteiger partial charge in [-0.2, -0.15) is 0 Å². The van der Waals surface area contributed by atoms with E-state index in [4.69, 9.17) is 0 Å². The summed E-state index contributed by atoms with van der Waals surface area (Å²) in [6.07, 6.45) is 3.60. The lowest BCUT2D eigenvalue weighted by molar-refractivity contribution is 0.136. The highest BCUT2D eigenvalue weighted by Crippen LogP contribution is 2.48. The molecule has 3 fully saturated rings. The van der Waals surface area contributed by atoms with Crippen molar-refractivity contribution in [3.8, 4) is 0 Å². The molecule has 6 heteroatoms. The van der Waals surface area contributed by atoms with Crippen molar-refractivity contribution >= 4 is 6.03 Å². The van der Waals surface area contributed by atoms with Crippen LogP contribution in [0.5, 0.6) is 0 Å². The van der Waals surface area contributed by atoms with Gasteiger partial charge in [-0.05, 0) is 44.1 Å². The molecule has 0 aromatic rings. The first kappa shape index (κ1) is 18.0. The van der Waals surface area contributed by atoms with E-state index in [1.54, 1.807) is 0 Å². The van der Waals surface area contributed by atoms with Gasteiger partial charge in [0.15, 0.2) is 0 Å². The number of hydrogen-bond acceptors (Lipinski definition) is 4. The van der Waals surface area contributed by atoms with Gasteiger partial charge in [-0.3, -0.25) is 0 Å². The number of urea groups is 1. The van der Waals surface area contributed by atoms with Crippen molar-refractivity contribution in [2.24, 2.45) is 23.7 Å². The summed E-state index contributed by atoms with van der Waals surface area (Å²) in [6.45, 7) is 8.66. The number of nitrogens with zero attached hydrogens (tertiary/aromatic N) is 2. The number of amides is 2. The van der Waals surface area contributed by atoms with Gasteiger partial charge in [0, 0.05) is 57.8 Å². The molecule has 138 valence electrons. The molecule has 3 aliphatic rings. The Morgan fingerprint density at radius 2 is 1.92 bits per heavy atom. The third kappa shape index (κ3) is 4.21. The van der Waals surface area contributed by atoms with E-state index in [1.807, 2.05) is 0 Å². The molecular weight excluding hydrogens is 304 g/mol. The Hall–Kier alpha value is -0.850. The molecule has 1 heterocycles. The SMILES string of the molecule is CC(CNC(=O)NC1C2CCC(C2)C1CO)CN1CCN(C)CC1. The lowest BCUT2D eigenvalue weighted by Gasteiger charge is -2.34. The first-order valence-corrected chi connectivity index (χ1v) is 9.63. The van der Waals surface area contributed by atoms with Crippen LogP contribution in [0.4, 0.5) is 4.79 Å². The van der Waals surface area contributed by atoms with Crippen molar-refractivity contribution in [2.45, 2.75) is 32.2 Å². The van der Waals surface area contributed by atoms with Crippen molar-refractivity contribution in [1.82, 2.24) is 20.4 Å². The van der Waals surface area contributed by atoms with Crippen LogP contribution in [0.3, 0.4) is 0 Å². The topological polar surface area (TPSA) is 67.8 Å². The van der Waals surface area contributed by atoms with Crippen LogP contribution in [0, 0.1) is 23.7 Å². The van der Waals surface area contributed by atoms with Gasteiger partial charge in [-0.1, -0.05) is 6.92 Å². The molecule has 2 aliphatic carbocycles. The highest BCUT2D eigenvalue weighted by Gasteiger charge is 2.47. The van der Waals surface area contributed by atoms with Crippen molar-refractivity contribution in [3.63, 3.8) is 0 Å². The molecule has 3 rings (SSSR count). The van der Waals surface area contributed by atoms with Crippen LogP contribution >= 0.6 is 0 Å². The molecule has 1 saturated heterocycles. The highest BCUT2D eigenvalue weighted by atomic mass is 16.3. The Bertz CT molecular complexity index is 425. The van der Waals surface area contributed by atoms with Crippen molar-refractivity contribution in [3.05, 3.63) is 0 Å². The summed E-state index contributed by atoms with van der Waals surface area (Å²) in [5.41, 5.74) is 0. The van der Waals surface area contributed by atoms with Gasteiger partial charge >= 0.3 is 6.03 Å². The lowest BCUT2D eigenvalue weighted by Crippen LogP contribution is -2.50. The molecule has 3 N–H and O–H groups in total. The van der Waals surface area contributed by atoms with Gasteiger partial charge in [0.25, 0.3) is 0 Å². The van der Waals surface area contributed by atoms with Gasteiger partial charge in [-0.25, -0.2) is 4.79 Å². The molecular formula is C18H34N4O2. The quantitative estimate of drug-likeness (QED) is 0.663. The maximum absolute atomic E-state index is 12.3. The summed E-state index contributed by atoms with van der Waals surface area (Å²) in [6, 6.07) is 0.109. The summed E-state index contributed by atoms with van der Waals surface area (Å²) in [5.74, 6) is 1.90. The Morgan fingerprint density at radius 3 is 2.62 bits per heavy atom. The fourth-order valence-electron chi connectivity index (χ4n) is 4.90. The zero-order valence-electron chi connectivity index (χ0n) is 15.2. The fourth-order valence-corrected chi connectivity index (χ4v) is 4.90. The van der Waals surface area contributed by atoms with Crippen LogP contribution in [0.15, 0.2) is 0 Å². The normalized spacial score (nSPS) is 35.1. The van der Waals surface area contributed by atoms with Crippen molar-refractivity contribution in [1.29, 1.82) is 0 Å². The third-order valence-corrected chi connectivity index (χ3v) is 6.37. The number of likely N-dealkylation sites (N-methyl/N-ethyl adjacent to an activating group) is 1. The van der Waals surface area contributed by atoms with E-state index >= 15 is 0 Å². The van der Waals surface area contributed by atoms with E-state index in [1.165, 1.54) is 19.3 Å². The Balaban J connectivity index is 1.36. The van der Waals surface area contributed by atoms with Gasteiger partial charge in [-0.15, -0.1) is 0 Å². The number of fused-ring (bicyclic) bond motifs is 2. The Morgan fingerprint density at radius 1 is 1.21 bits per heavy atom. The Kier molecular flexibility index (Phi) is 6.00. The second-order valence-corrected chi connectivity index (χ2v) is 8.27. The average molecular weight is 338 g/mol. The minimum atomic E-state index is -0.0590. The number of aliphatic hydroxyl groups is 1. The summed E-state index contributed by atoms with van der Waals surface area (Å²) in [7, 11) is 2.17. The summed E-state index contributed by atoms with van der Waals surface area (Å²) in [4.78, 5) is 17.1. The van der Waals surface area contributed by atoms with Crippen LogP contribution in [-0.2, 0) is 0 Å². The predicted octanol–water partition coefficient (Wildman–Crippen LogP) is 0.576. The minimum Gasteiger partial charge on any atom is -0.396 e. The van der Waals surface area contributed by atoms with Crippen LogP contribution in [0.1, 0.15) is 26.2 Å². The van der Waals surface area contributed by atoms with E-state index in [-0.39, 0.29) is 24.6 Å². The zero-order valence-corrected chi connectivity index (χ0v) is 15.2. The van der Waals surface area contributed by atoms with Crippen LogP contribution < -0.4 is 10.6 Å². The van der Waals surface area contributed by atoms with Crippen LogP contribution in [0.2, 0.25) is 0 Å². The van der Waals surface area contributed by atoms with Crippen LogP contribution in [0.25, 0.3) is 0 Å². The molecule has 0 aromatic heterocycles. The fraction of sp³-hybridized carbons (Fsp3) is 0.944. The monoisotopic (exact) mass is 338 g/mol. The standard InChI is InChI=1S/C18H34N4O2/c1-13(11-22-7-5-21(2)6-8-22)10-19-18(24)20-17-15-4-3-14(9-15)16(17)12-23/h13-17,23H,3-12H2,1-2H3,(H2,19,20,24). The molecule has 2 bridgehead atoms. The summed E-state index contributed by atoms with van der Waals surface area (Å²) in [5, 5.41) is 15.8. The summed E-state index contributed by atoms with van der Waals surface area (Å²) >= 11 is 0. The largest absolute Gasteiger partial charge is 0.396 e. The van der Waals surface area contributed by atoms with Gasteiger partial charge in [0.05, 0.1) is 0 Å². The second kappa shape index (κ2) is 8.02. The van der Waals surface area contributed by atoms with Gasteiger partial charge in [0.1, 0.15) is 0 Å². The first-order valence-electron chi connectivity index (χ1n) is 9.63. The van der Waals surface area contributed by atoms with Crippen LogP contribution in [-0.4, -0.2) is 79.9 Å². The zero-order chi connectivity index (χ0) is 17.1. The molecule has 0 radical (unpaired) electrons. The van der Waals surface area contributed by atoms with Crippen molar-refractivity contribution in [2.75, 3.05) is 52.9 Å².